The summed E-state index contributed by atoms with van der Waals surface area (Å²) in [5, 5.41) is 10.5. The first-order chi connectivity index (χ1) is 10.2. The predicted octanol–water partition coefficient (Wildman–Crippen LogP) is 5.13. The minimum absolute atomic E-state index is 0.0400. The van der Waals surface area contributed by atoms with E-state index in [1.165, 1.54) is 0 Å². The van der Waals surface area contributed by atoms with Crippen LogP contribution in [0.2, 0.25) is 0 Å². The molecule has 2 nitrogen and oxygen atoms in total. The van der Waals surface area contributed by atoms with Crippen molar-refractivity contribution < 1.29 is 14.2 Å². The monoisotopic (exact) mass is 306 g/mol. The van der Waals surface area contributed by atoms with Crippen LogP contribution < -0.4 is 4.74 Å². The normalized spacial score (nSPS) is 32.8. The van der Waals surface area contributed by atoms with E-state index in [-0.39, 0.29) is 23.2 Å². The molecule has 0 saturated heterocycles. The molecule has 3 atom stereocenters. The van der Waals surface area contributed by atoms with E-state index < -0.39 is 5.67 Å². The summed E-state index contributed by atoms with van der Waals surface area (Å²) >= 11 is 0. The Kier molecular flexibility index (Phi) is 3.65. The van der Waals surface area contributed by atoms with Crippen molar-refractivity contribution in [1.82, 2.24) is 0 Å². The Hall–Kier alpha value is -1.25. The van der Waals surface area contributed by atoms with Crippen LogP contribution >= 0.6 is 0 Å². The van der Waals surface area contributed by atoms with Gasteiger partial charge in [-0.2, -0.15) is 0 Å². The average molecular weight is 306 g/mol. The van der Waals surface area contributed by atoms with Gasteiger partial charge in [0.05, 0.1) is 0 Å². The standard InChI is InChI=1S/C19H27FO2/c1-5-6-12-9-15(21)17-13-11-19(4,20)8-7-14(13)18(2,3)22-16(17)10-12/h9-10,13-14,21H,5-8,11H2,1-4H3/t13-,14-,19+/m1/s1. The summed E-state index contributed by atoms with van der Waals surface area (Å²) in [5.41, 5.74) is 0.450. The van der Waals surface area contributed by atoms with Crippen molar-refractivity contribution >= 4 is 0 Å². The molecule has 1 aliphatic carbocycles. The second-order valence-corrected chi connectivity index (χ2v) is 7.85. The van der Waals surface area contributed by atoms with Gasteiger partial charge in [0.25, 0.3) is 0 Å². The van der Waals surface area contributed by atoms with E-state index in [0.29, 0.717) is 12.8 Å². The summed E-state index contributed by atoms with van der Waals surface area (Å²) in [6.07, 6.45) is 3.79. The fourth-order valence-corrected chi connectivity index (χ4v) is 4.41. The molecule has 1 saturated carbocycles. The van der Waals surface area contributed by atoms with Gasteiger partial charge in [-0.05, 0) is 64.2 Å². The Balaban J connectivity index is 2.08. The number of fused-ring (bicyclic) bond motifs is 3. The number of hydrogen-bond donors (Lipinski definition) is 1. The van der Waals surface area contributed by atoms with Crippen molar-refractivity contribution in [2.45, 2.75) is 77.0 Å². The SMILES string of the molecule is CCCc1cc(O)c2c(c1)OC(C)(C)[C@@H]1CC[C@](C)(F)C[C@@H]21. The molecular formula is C19H27FO2. The molecule has 2 aliphatic rings. The molecule has 1 aromatic carbocycles. The third-order valence-electron chi connectivity index (χ3n) is 5.46. The van der Waals surface area contributed by atoms with Gasteiger partial charge >= 0.3 is 0 Å². The zero-order valence-corrected chi connectivity index (χ0v) is 14.1. The molecule has 0 radical (unpaired) electrons. The molecule has 1 aliphatic heterocycles. The summed E-state index contributed by atoms with van der Waals surface area (Å²) in [4.78, 5) is 0. The minimum Gasteiger partial charge on any atom is -0.508 e. The molecule has 0 aromatic heterocycles. The summed E-state index contributed by atoms with van der Waals surface area (Å²) < 4.78 is 20.8. The lowest BCUT2D eigenvalue weighted by Crippen LogP contribution is -2.49. The van der Waals surface area contributed by atoms with Crippen molar-refractivity contribution in [3.63, 3.8) is 0 Å². The number of hydrogen-bond acceptors (Lipinski definition) is 2. The quantitative estimate of drug-likeness (QED) is 0.821. The lowest BCUT2D eigenvalue weighted by atomic mass is 9.63. The maximum Gasteiger partial charge on any atom is 0.127 e. The number of halogens is 1. The van der Waals surface area contributed by atoms with Crippen molar-refractivity contribution in [1.29, 1.82) is 0 Å². The molecule has 1 fully saturated rings. The second-order valence-electron chi connectivity index (χ2n) is 7.85. The Morgan fingerprint density at radius 1 is 1.32 bits per heavy atom. The first kappa shape index (κ1) is 15.6. The van der Waals surface area contributed by atoms with E-state index in [0.717, 1.165) is 36.1 Å². The number of alkyl halides is 1. The molecule has 1 heterocycles. The zero-order chi connectivity index (χ0) is 16.1. The number of phenols is 1. The Labute approximate surface area is 132 Å². The lowest BCUT2D eigenvalue weighted by molar-refractivity contribution is -0.0382. The van der Waals surface area contributed by atoms with E-state index in [2.05, 4.69) is 20.8 Å². The fourth-order valence-electron chi connectivity index (χ4n) is 4.41. The van der Waals surface area contributed by atoms with Crippen molar-refractivity contribution in [3.8, 4) is 11.5 Å². The Bertz CT molecular complexity index is 577. The molecule has 1 aromatic rings. The highest BCUT2D eigenvalue weighted by Crippen LogP contribution is 2.56. The van der Waals surface area contributed by atoms with Crippen LogP contribution in [-0.4, -0.2) is 16.4 Å². The van der Waals surface area contributed by atoms with Crippen molar-refractivity contribution in [3.05, 3.63) is 23.3 Å². The summed E-state index contributed by atoms with van der Waals surface area (Å²) in [6, 6.07) is 3.88. The molecular weight excluding hydrogens is 279 g/mol. The van der Waals surface area contributed by atoms with Gasteiger partial charge in [-0.25, -0.2) is 4.39 Å². The number of aryl methyl sites for hydroxylation is 1. The van der Waals surface area contributed by atoms with Gasteiger partial charge in [-0.3, -0.25) is 0 Å². The van der Waals surface area contributed by atoms with Crippen LogP contribution in [-0.2, 0) is 6.42 Å². The van der Waals surface area contributed by atoms with Gasteiger partial charge < -0.3 is 9.84 Å². The number of rotatable bonds is 2. The first-order valence-electron chi connectivity index (χ1n) is 8.47. The maximum atomic E-state index is 14.6. The third kappa shape index (κ3) is 2.59. The molecule has 3 rings (SSSR count). The van der Waals surface area contributed by atoms with Crippen molar-refractivity contribution in [2.75, 3.05) is 0 Å². The maximum absolute atomic E-state index is 14.6. The smallest absolute Gasteiger partial charge is 0.127 e. The first-order valence-corrected chi connectivity index (χ1v) is 8.47. The number of ether oxygens (including phenoxy) is 1. The Morgan fingerprint density at radius 2 is 2.05 bits per heavy atom. The largest absolute Gasteiger partial charge is 0.508 e. The van der Waals surface area contributed by atoms with Gasteiger partial charge in [-0.15, -0.1) is 0 Å². The number of aromatic hydroxyl groups is 1. The van der Waals surface area contributed by atoms with Gasteiger partial charge in [0, 0.05) is 17.4 Å². The van der Waals surface area contributed by atoms with E-state index >= 15 is 0 Å². The summed E-state index contributed by atoms with van der Waals surface area (Å²) in [7, 11) is 0. The molecule has 0 unspecified atom stereocenters. The zero-order valence-electron chi connectivity index (χ0n) is 14.1. The van der Waals surface area contributed by atoms with Gasteiger partial charge in [0.1, 0.15) is 22.8 Å². The van der Waals surface area contributed by atoms with Gasteiger partial charge in [-0.1, -0.05) is 13.3 Å². The molecule has 0 bridgehead atoms. The summed E-state index contributed by atoms with van der Waals surface area (Å²) in [5.74, 6) is 1.33. The third-order valence-corrected chi connectivity index (χ3v) is 5.46. The van der Waals surface area contributed by atoms with E-state index in [1.807, 2.05) is 12.1 Å². The van der Waals surface area contributed by atoms with E-state index in [9.17, 15) is 9.50 Å². The summed E-state index contributed by atoms with van der Waals surface area (Å²) in [6.45, 7) is 8.00. The topological polar surface area (TPSA) is 29.5 Å². The van der Waals surface area contributed by atoms with E-state index in [1.54, 1.807) is 6.92 Å². The van der Waals surface area contributed by atoms with Crippen LogP contribution in [0.1, 0.15) is 70.4 Å². The molecule has 122 valence electrons. The van der Waals surface area contributed by atoms with Crippen LogP contribution in [0.5, 0.6) is 11.5 Å². The van der Waals surface area contributed by atoms with Crippen LogP contribution in [0.15, 0.2) is 12.1 Å². The highest BCUT2D eigenvalue weighted by Gasteiger charge is 2.50. The van der Waals surface area contributed by atoms with Crippen LogP contribution in [0.3, 0.4) is 0 Å². The van der Waals surface area contributed by atoms with Crippen molar-refractivity contribution in [2.24, 2.45) is 5.92 Å². The molecule has 0 spiro atoms. The Morgan fingerprint density at radius 3 is 2.73 bits per heavy atom. The van der Waals surface area contributed by atoms with Crippen LogP contribution in [0, 0.1) is 5.92 Å². The van der Waals surface area contributed by atoms with Crippen LogP contribution in [0.4, 0.5) is 4.39 Å². The number of phenolic OH excluding ortho intramolecular Hbond substituents is 1. The predicted molar refractivity (Wildman–Crippen MR) is 86.4 cm³/mol. The minimum atomic E-state index is -1.15. The fraction of sp³-hybridized carbons (Fsp3) is 0.684. The molecule has 22 heavy (non-hydrogen) atoms. The lowest BCUT2D eigenvalue weighted by Gasteiger charge is -2.50. The highest BCUT2D eigenvalue weighted by atomic mass is 19.1. The van der Waals surface area contributed by atoms with Crippen LogP contribution in [0.25, 0.3) is 0 Å². The van der Waals surface area contributed by atoms with Gasteiger partial charge in [0.15, 0.2) is 0 Å². The van der Waals surface area contributed by atoms with E-state index in [4.69, 9.17) is 4.74 Å². The van der Waals surface area contributed by atoms with Gasteiger partial charge in [0.2, 0.25) is 0 Å². The average Bonchev–Trinajstić information content (AvgIpc) is 2.35. The highest BCUT2D eigenvalue weighted by molar-refractivity contribution is 5.52. The molecule has 3 heteroatoms. The number of benzene rings is 1. The molecule has 0 amide bonds. The molecule has 1 N–H and O–H groups in total. The second kappa shape index (κ2) is 5.14.